The van der Waals surface area contributed by atoms with Crippen LogP contribution in [0.1, 0.15) is 18.9 Å². The number of benzene rings is 2. The van der Waals surface area contributed by atoms with Gasteiger partial charge >= 0.3 is 0 Å². The summed E-state index contributed by atoms with van der Waals surface area (Å²) in [4.78, 5) is 4.81. The van der Waals surface area contributed by atoms with Crippen LogP contribution in [0.2, 0.25) is 0 Å². The van der Waals surface area contributed by atoms with Crippen molar-refractivity contribution in [1.82, 2.24) is 4.90 Å². The summed E-state index contributed by atoms with van der Waals surface area (Å²) in [7, 11) is 0. The van der Waals surface area contributed by atoms with Crippen LogP contribution in [0, 0.1) is 0 Å². The molecule has 0 amide bonds. The second kappa shape index (κ2) is 9.25. The van der Waals surface area contributed by atoms with E-state index in [0.717, 1.165) is 56.2 Å². The second-order valence-electron chi connectivity index (χ2n) is 6.39. The third-order valence-electron chi connectivity index (χ3n) is 4.77. The quantitative estimate of drug-likeness (QED) is 0.470. The van der Waals surface area contributed by atoms with E-state index in [1.54, 1.807) is 0 Å². The molecular formula is C21H27N3O2. The summed E-state index contributed by atoms with van der Waals surface area (Å²) in [5, 5.41) is 12.8. The molecule has 2 aromatic rings. The first-order chi connectivity index (χ1) is 12.8. The number of nitrogens with zero attached hydrogens (tertiary/aromatic N) is 3. The fourth-order valence-corrected chi connectivity index (χ4v) is 3.35. The average Bonchev–Trinajstić information content (AvgIpc) is 2.70. The molecule has 5 nitrogen and oxygen atoms in total. The minimum Gasteiger partial charge on any atom is -0.492 e. The zero-order valence-corrected chi connectivity index (χ0v) is 15.3. The van der Waals surface area contributed by atoms with Crippen LogP contribution in [0.3, 0.4) is 0 Å². The number of ether oxygens (including phenoxy) is 1. The Morgan fingerprint density at radius 1 is 1.00 bits per heavy atom. The van der Waals surface area contributed by atoms with Gasteiger partial charge in [0.15, 0.2) is 0 Å². The van der Waals surface area contributed by atoms with Crippen LogP contribution in [0.4, 0.5) is 5.69 Å². The molecule has 0 unspecified atom stereocenters. The molecule has 138 valence electrons. The number of oxime groups is 1. The molecule has 3 rings (SSSR count). The van der Waals surface area contributed by atoms with Crippen LogP contribution < -0.4 is 9.64 Å². The highest BCUT2D eigenvalue weighted by molar-refractivity contribution is 6.00. The third-order valence-corrected chi connectivity index (χ3v) is 4.77. The third kappa shape index (κ3) is 4.55. The van der Waals surface area contributed by atoms with E-state index in [1.165, 1.54) is 5.69 Å². The molecule has 1 aliphatic rings. The predicted molar refractivity (Wildman–Crippen MR) is 106 cm³/mol. The summed E-state index contributed by atoms with van der Waals surface area (Å²) >= 11 is 0. The second-order valence-corrected chi connectivity index (χ2v) is 6.39. The Kier molecular flexibility index (Phi) is 6.50. The SMILES string of the molecule is CCOc1ccccc1N1CCN(CC/C(=N\O)c2ccccc2)CC1. The van der Waals surface area contributed by atoms with E-state index in [2.05, 4.69) is 27.1 Å². The standard InChI is InChI=1S/C21H27N3O2/c1-2-26-21-11-7-6-10-20(21)24-16-14-23(15-17-24)13-12-19(22-25)18-8-4-3-5-9-18/h3-11,25H,2,12-17H2,1H3/b22-19+. The molecule has 2 aromatic carbocycles. The molecule has 0 aliphatic carbocycles. The molecule has 1 aliphatic heterocycles. The van der Waals surface area contributed by atoms with Crippen LogP contribution in [0.5, 0.6) is 5.75 Å². The highest BCUT2D eigenvalue weighted by Gasteiger charge is 2.20. The molecule has 0 spiro atoms. The maximum Gasteiger partial charge on any atom is 0.142 e. The van der Waals surface area contributed by atoms with Crippen LogP contribution in [-0.4, -0.2) is 55.1 Å². The molecule has 0 aromatic heterocycles. The zero-order chi connectivity index (χ0) is 18.2. The van der Waals surface area contributed by atoms with Gasteiger partial charge in [0.25, 0.3) is 0 Å². The summed E-state index contributed by atoms with van der Waals surface area (Å²) in [5.41, 5.74) is 2.91. The van der Waals surface area contributed by atoms with Crippen molar-refractivity contribution in [2.24, 2.45) is 5.16 Å². The largest absolute Gasteiger partial charge is 0.492 e. The molecule has 1 saturated heterocycles. The Bertz CT molecular complexity index is 710. The average molecular weight is 353 g/mol. The van der Waals surface area contributed by atoms with Crippen molar-refractivity contribution >= 4 is 11.4 Å². The normalized spacial score (nSPS) is 15.9. The van der Waals surface area contributed by atoms with E-state index in [4.69, 9.17) is 4.74 Å². The zero-order valence-electron chi connectivity index (χ0n) is 15.3. The van der Waals surface area contributed by atoms with Gasteiger partial charge in [-0.1, -0.05) is 47.6 Å². The summed E-state index contributed by atoms with van der Waals surface area (Å²) in [6.45, 7) is 7.53. The molecular weight excluding hydrogens is 326 g/mol. The lowest BCUT2D eigenvalue weighted by Gasteiger charge is -2.36. The Morgan fingerprint density at radius 2 is 1.69 bits per heavy atom. The van der Waals surface area contributed by atoms with Gasteiger partial charge in [-0.15, -0.1) is 0 Å². The van der Waals surface area contributed by atoms with E-state index in [-0.39, 0.29) is 0 Å². The lowest BCUT2D eigenvalue weighted by Crippen LogP contribution is -2.47. The van der Waals surface area contributed by atoms with Crippen molar-refractivity contribution in [1.29, 1.82) is 0 Å². The van der Waals surface area contributed by atoms with Gasteiger partial charge in [0.2, 0.25) is 0 Å². The van der Waals surface area contributed by atoms with E-state index in [9.17, 15) is 5.21 Å². The first-order valence-electron chi connectivity index (χ1n) is 9.27. The van der Waals surface area contributed by atoms with Crippen LogP contribution in [-0.2, 0) is 0 Å². The van der Waals surface area contributed by atoms with E-state index < -0.39 is 0 Å². The van der Waals surface area contributed by atoms with Crippen LogP contribution in [0.25, 0.3) is 0 Å². The van der Waals surface area contributed by atoms with Crippen LogP contribution in [0.15, 0.2) is 59.8 Å². The molecule has 0 bridgehead atoms. The van der Waals surface area contributed by atoms with Gasteiger partial charge < -0.3 is 14.8 Å². The van der Waals surface area contributed by atoms with Crippen LogP contribution >= 0.6 is 0 Å². The van der Waals surface area contributed by atoms with Gasteiger partial charge in [-0.25, -0.2) is 0 Å². The van der Waals surface area contributed by atoms with Gasteiger partial charge in [0.1, 0.15) is 5.75 Å². The maximum absolute atomic E-state index is 9.33. The summed E-state index contributed by atoms with van der Waals surface area (Å²) in [6, 6.07) is 18.1. The fraction of sp³-hybridized carbons (Fsp3) is 0.381. The molecule has 1 heterocycles. The van der Waals surface area contributed by atoms with Gasteiger partial charge in [0.05, 0.1) is 18.0 Å². The fourth-order valence-electron chi connectivity index (χ4n) is 3.35. The number of piperazine rings is 1. The predicted octanol–water partition coefficient (Wildman–Crippen LogP) is 3.48. The Balaban J connectivity index is 1.53. The van der Waals surface area contributed by atoms with Crippen molar-refractivity contribution in [3.8, 4) is 5.75 Å². The maximum atomic E-state index is 9.33. The first kappa shape index (κ1) is 18.3. The van der Waals surface area contributed by atoms with E-state index >= 15 is 0 Å². The first-order valence-corrected chi connectivity index (χ1v) is 9.27. The van der Waals surface area contributed by atoms with Crippen molar-refractivity contribution in [3.63, 3.8) is 0 Å². The van der Waals surface area contributed by atoms with E-state index in [0.29, 0.717) is 6.61 Å². The van der Waals surface area contributed by atoms with Gasteiger partial charge in [-0.2, -0.15) is 0 Å². The highest BCUT2D eigenvalue weighted by atomic mass is 16.5. The molecule has 1 N–H and O–H groups in total. The molecule has 26 heavy (non-hydrogen) atoms. The summed E-state index contributed by atoms with van der Waals surface area (Å²) in [5.74, 6) is 0.960. The topological polar surface area (TPSA) is 48.3 Å². The number of para-hydroxylation sites is 2. The van der Waals surface area contributed by atoms with Gasteiger partial charge in [-0.3, -0.25) is 4.90 Å². The van der Waals surface area contributed by atoms with E-state index in [1.807, 2.05) is 49.4 Å². The minimum atomic E-state index is 0.680. The van der Waals surface area contributed by atoms with Crippen molar-refractivity contribution < 1.29 is 9.94 Å². The molecule has 0 radical (unpaired) electrons. The molecule has 1 fully saturated rings. The summed E-state index contributed by atoms with van der Waals surface area (Å²) < 4.78 is 5.76. The summed E-state index contributed by atoms with van der Waals surface area (Å²) in [6.07, 6.45) is 0.746. The lowest BCUT2D eigenvalue weighted by molar-refractivity contribution is 0.261. The number of hydrogen-bond acceptors (Lipinski definition) is 5. The van der Waals surface area contributed by atoms with Gasteiger partial charge in [0, 0.05) is 39.1 Å². The molecule has 0 atom stereocenters. The Hall–Kier alpha value is -2.53. The monoisotopic (exact) mass is 353 g/mol. The minimum absolute atomic E-state index is 0.680. The highest BCUT2D eigenvalue weighted by Crippen LogP contribution is 2.28. The molecule has 0 saturated carbocycles. The molecule has 5 heteroatoms. The Morgan fingerprint density at radius 3 is 2.38 bits per heavy atom. The van der Waals surface area contributed by atoms with Crippen molar-refractivity contribution in [2.45, 2.75) is 13.3 Å². The number of anilines is 1. The van der Waals surface area contributed by atoms with Crippen molar-refractivity contribution in [2.75, 3.05) is 44.2 Å². The lowest BCUT2D eigenvalue weighted by atomic mass is 10.1. The van der Waals surface area contributed by atoms with Crippen molar-refractivity contribution in [3.05, 3.63) is 60.2 Å². The van der Waals surface area contributed by atoms with Gasteiger partial charge in [-0.05, 0) is 24.6 Å². The smallest absolute Gasteiger partial charge is 0.142 e. The number of hydrogen-bond donors (Lipinski definition) is 1. The number of rotatable bonds is 7. The Labute approximate surface area is 155 Å².